The SMILES string of the molecule is C[C@H]1CN(Cc2ccc(C(=O)N3CCN(c4ccc(F)cc4)CC3)cc2)C[C@H](C)O1. The van der Waals surface area contributed by atoms with Crippen LogP contribution in [0.3, 0.4) is 0 Å². The number of morpholine rings is 1. The number of carbonyl (C=O) groups excluding carboxylic acids is 1. The number of hydrogen-bond acceptors (Lipinski definition) is 4. The summed E-state index contributed by atoms with van der Waals surface area (Å²) in [6.45, 7) is 9.81. The van der Waals surface area contributed by atoms with Crippen molar-refractivity contribution in [2.75, 3.05) is 44.2 Å². The van der Waals surface area contributed by atoms with Gasteiger partial charge in [-0.1, -0.05) is 12.1 Å². The van der Waals surface area contributed by atoms with Crippen LogP contribution >= 0.6 is 0 Å². The Labute approximate surface area is 178 Å². The van der Waals surface area contributed by atoms with Crippen molar-refractivity contribution in [3.63, 3.8) is 0 Å². The number of rotatable bonds is 4. The van der Waals surface area contributed by atoms with Gasteiger partial charge in [0, 0.05) is 57.1 Å². The molecule has 2 aliphatic rings. The fraction of sp³-hybridized carbons (Fsp3) is 0.458. The molecule has 6 heteroatoms. The molecule has 2 aliphatic heterocycles. The van der Waals surface area contributed by atoms with Crippen molar-refractivity contribution in [1.29, 1.82) is 0 Å². The van der Waals surface area contributed by atoms with Gasteiger partial charge >= 0.3 is 0 Å². The van der Waals surface area contributed by atoms with Gasteiger partial charge in [-0.2, -0.15) is 0 Å². The Hall–Kier alpha value is -2.44. The zero-order valence-corrected chi connectivity index (χ0v) is 17.8. The van der Waals surface area contributed by atoms with E-state index in [1.165, 1.54) is 17.7 Å². The first kappa shape index (κ1) is 20.8. The normalized spacial score (nSPS) is 22.9. The molecule has 4 rings (SSSR count). The van der Waals surface area contributed by atoms with Crippen LogP contribution in [0.15, 0.2) is 48.5 Å². The van der Waals surface area contributed by atoms with Crippen molar-refractivity contribution in [2.45, 2.75) is 32.6 Å². The largest absolute Gasteiger partial charge is 0.373 e. The number of carbonyl (C=O) groups is 1. The van der Waals surface area contributed by atoms with Crippen LogP contribution in [-0.4, -0.2) is 67.2 Å². The standard InChI is InChI=1S/C24H30FN3O2/c1-18-15-26(16-19(2)30-18)17-20-3-5-21(6-4-20)24(29)28-13-11-27(12-14-28)23-9-7-22(25)8-10-23/h3-10,18-19H,11-17H2,1-2H3/t18-,19-/m0/s1. The van der Waals surface area contributed by atoms with Gasteiger partial charge in [0.1, 0.15) is 5.82 Å². The van der Waals surface area contributed by atoms with E-state index in [9.17, 15) is 9.18 Å². The lowest BCUT2D eigenvalue weighted by Gasteiger charge is -2.36. The molecule has 2 aromatic carbocycles. The summed E-state index contributed by atoms with van der Waals surface area (Å²) >= 11 is 0. The van der Waals surface area contributed by atoms with Gasteiger partial charge in [-0.3, -0.25) is 9.69 Å². The Morgan fingerprint density at radius 3 is 2.13 bits per heavy atom. The monoisotopic (exact) mass is 411 g/mol. The highest BCUT2D eigenvalue weighted by Gasteiger charge is 2.24. The Morgan fingerprint density at radius 2 is 1.53 bits per heavy atom. The van der Waals surface area contributed by atoms with Crippen LogP contribution in [0.5, 0.6) is 0 Å². The minimum atomic E-state index is -0.228. The average Bonchev–Trinajstić information content (AvgIpc) is 2.74. The molecule has 0 aliphatic carbocycles. The summed E-state index contributed by atoms with van der Waals surface area (Å²) in [4.78, 5) is 19.4. The van der Waals surface area contributed by atoms with Crippen molar-refractivity contribution in [1.82, 2.24) is 9.80 Å². The highest BCUT2D eigenvalue weighted by Crippen LogP contribution is 2.19. The van der Waals surface area contributed by atoms with Gasteiger partial charge in [-0.05, 0) is 55.8 Å². The van der Waals surface area contributed by atoms with Crippen molar-refractivity contribution in [3.8, 4) is 0 Å². The highest BCUT2D eigenvalue weighted by atomic mass is 19.1. The summed E-state index contributed by atoms with van der Waals surface area (Å²) in [5, 5.41) is 0. The molecule has 0 saturated carbocycles. The van der Waals surface area contributed by atoms with Crippen molar-refractivity contribution in [3.05, 3.63) is 65.5 Å². The van der Waals surface area contributed by atoms with Gasteiger partial charge in [-0.25, -0.2) is 4.39 Å². The molecule has 2 saturated heterocycles. The number of nitrogens with zero attached hydrogens (tertiary/aromatic N) is 3. The lowest BCUT2D eigenvalue weighted by Crippen LogP contribution is -2.48. The smallest absolute Gasteiger partial charge is 0.253 e. The van der Waals surface area contributed by atoms with Crippen LogP contribution in [-0.2, 0) is 11.3 Å². The highest BCUT2D eigenvalue weighted by molar-refractivity contribution is 5.94. The maximum atomic E-state index is 13.1. The number of halogens is 1. The van der Waals surface area contributed by atoms with E-state index < -0.39 is 0 Å². The van der Waals surface area contributed by atoms with Crippen molar-refractivity contribution >= 4 is 11.6 Å². The second kappa shape index (κ2) is 9.14. The maximum absolute atomic E-state index is 13.1. The second-order valence-corrected chi connectivity index (χ2v) is 8.40. The molecule has 5 nitrogen and oxygen atoms in total. The first-order valence-corrected chi connectivity index (χ1v) is 10.7. The van der Waals surface area contributed by atoms with E-state index in [-0.39, 0.29) is 23.9 Å². The molecule has 2 heterocycles. The molecular formula is C24H30FN3O2. The molecule has 1 amide bonds. The predicted molar refractivity (Wildman–Crippen MR) is 116 cm³/mol. The summed E-state index contributed by atoms with van der Waals surface area (Å²) in [6, 6.07) is 14.6. The third-order valence-corrected chi connectivity index (χ3v) is 5.86. The molecule has 2 fully saturated rings. The van der Waals surface area contributed by atoms with Gasteiger partial charge in [0.15, 0.2) is 0 Å². The van der Waals surface area contributed by atoms with Gasteiger partial charge in [0.2, 0.25) is 0 Å². The number of benzene rings is 2. The lowest BCUT2D eigenvalue weighted by atomic mass is 10.1. The van der Waals surface area contributed by atoms with E-state index in [1.54, 1.807) is 12.1 Å². The fourth-order valence-electron chi connectivity index (χ4n) is 4.43. The zero-order valence-electron chi connectivity index (χ0n) is 17.8. The van der Waals surface area contributed by atoms with Crippen LogP contribution < -0.4 is 4.90 Å². The molecule has 0 aromatic heterocycles. The molecule has 2 atom stereocenters. The summed E-state index contributed by atoms with van der Waals surface area (Å²) in [5.41, 5.74) is 2.95. The molecular weight excluding hydrogens is 381 g/mol. The average molecular weight is 412 g/mol. The van der Waals surface area contributed by atoms with Gasteiger partial charge in [0.05, 0.1) is 12.2 Å². The predicted octanol–water partition coefficient (Wildman–Crippen LogP) is 3.40. The number of amides is 1. The Morgan fingerprint density at radius 1 is 0.933 bits per heavy atom. The molecule has 0 unspecified atom stereocenters. The number of piperazine rings is 1. The Bertz CT molecular complexity index is 838. The first-order valence-electron chi connectivity index (χ1n) is 10.7. The fourth-order valence-corrected chi connectivity index (χ4v) is 4.43. The quantitative estimate of drug-likeness (QED) is 0.773. The van der Waals surface area contributed by atoms with Crippen LogP contribution in [0.25, 0.3) is 0 Å². The van der Waals surface area contributed by atoms with Crippen molar-refractivity contribution < 1.29 is 13.9 Å². The van der Waals surface area contributed by atoms with E-state index in [2.05, 4.69) is 35.8 Å². The first-order chi connectivity index (χ1) is 14.5. The number of ether oxygens (including phenoxy) is 1. The van der Waals surface area contributed by atoms with E-state index in [4.69, 9.17) is 4.74 Å². The summed E-state index contributed by atoms with van der Waals surface area (Å²) in [7, 11) is 0. The van der Waals surface area contributed by atoms with E-state index in [0.29, 0.717) is 13.1 Å². The van der Waals surface area contributed by atoms with Crippen LogP contribution in [0, 0.1) is 5.82 Å². The number of anilines is 1. The summed E-state index contributed by atoms with van der Waals surface area (Å²) in [6.07, 6.45) is 0.506. The topological polar surface area (TPSA) is 36.0 Å². The summed E-state index contributed by atoms with van der Waals surface area (Å²) < 4.78 is 18.9. The van der Waals surface area contributed by atoms with Gasteiger partial charge in [-0.15, -0.1) is 0 Å². The van der Waals surface area contributed by atoms with E-state index in [1.807, 2.05) is 17.0 Å². The van der Waals surface area contributed by atoms with Crippen LogP contribution in [0.4, 0.5) is 10.1 Å². The second-order valence-electron chi connectivity index (χ2n) is 8.40. The van der Waals surface area contributed by atoms with Gasteiger partial charge in [0.25, 0.3) is 5.91 Å². The Balaban J connectivity index is 1.31. The molecule has 0 spiro atoms. The van der Waals surface area contributed by atoms with Crippen LogP contribution in [0.2, 0.25) is 0 Å². The molecule has 0 radical (unpaired) electrons. The van der Waals surface area contributed by atoms with E-state index in [0.717, 1.165) is 44.0 Å². The zero-order chi connectivity index (χ0) is 21.1. The molecule has 30 heavy (non-hydrogen) atoms. The molecule has 160 valence electrons. The van der Waals surface area contributed by atoms with Crippen LogP contribution in [0.1, 0.15) is 29.8 Å². The third-order valence-electron chi connectivity index (χ3n) is 5.86. The lowest BCUT2D eigenvalue weighted by molar-refractivity contribution is -0.0704. The molecule has 2 aromatic rings. The molecule has 0 N–H and O–H groups in total. The molecule has 0 bridgehead atoms. The maximum Gasteiger partial charge on any atom is 0.253 e. The Kier molecular flexibility index (Phi) is 6.35. The minimum Gasteiger partial charge on any atom is -0.373 e. The minimum absolute atomic E-state index is 0.0777. The number of hydrogen-bond donors (Lipinski definition) is 0. The third kappa shape index (κ3) is 4.99. The van der Waals surface area contributed by atoms with Gasteiger partial charge < -0.3 is 14.5 Å². The van der Waals surface area contributed by atoms with Crippen molar-refractivity contribution in [2.24, 2.45) is 0 Å². The summed E-state index contributed by atoms with van der Waals surface area (Å²) in [5.74, 6) is -0.150. The van der Waals surface area contributed by atoms with E-state index >= 15 is 0 Å².